The third-order valence-electron chi connectivity index (χ3n) is 6.74. The van der Waals surface area contributed by atoms with Crippen molar-refractivity contribution >= 4 is 28.0 Å². The molecule has 172 valence electrons. The van der Waals surface area contributed by atoms with Crippen LogP contribution in [-0.2, 0) is 0 Å². The number of hydrogen-bond donors (Lipinski definition) is 0. The van der Waals surface area contributed by atoms with E-state index < -0.39 is 0 Å². The molecule has 0 saturated carbocycles. The van der Waals surface area contributed by atoms with Crippen molar-refractivity contribution in [1.29, 1.82) is 15.8 Å². The lowest BCUT2D eigenvalue weighted by atomic mass is 9.89. The Morgan fingerprint density at radius 3 is 1.97 bits per heavy atom. The van der Waals surface area contributed by atoms with Gasteiger partial charge in [0, 0.05) is 5.57 Å². The molecule has 0 heterocycles. The average molecular weight is 483 g/mol. The van der Waals surface area contributed by atoms with Gasteiger partial charge in [-0.1, -0.05) is 60.2 Å². The lowest BCUT2D eigenvalue weighted by Crippen LogP contribution is -1.97. The van der Waals surface area contributed by atoms with Gasteiger partial charge in [0.25, 0.3) is 11.4 Å². The predicted octanol–water partition coefficient (Wildman–Crippen LogP) is 7.36. The molecule has 0 aromatic heterocycles. The zero-order valence-electron chi connectivity index (χ0n) is 19.9. The Hall–Kier alpha value is -6.18. The van der Waals surface area contributed by atoms with Crippen LogP contribution >= 0.6 is 0 Å². The topological polar surface area (TPSA) is 84.4 Å². The van der Waals surface area contributed by atoms with Gasteiger partial charge in [0.2, 0.25) is 5.70 Å². The molecular formula is C32H14N6. The number of allylic oxidation sites excluding steroid dienone is 11. The van der Waals surface area contributed by atoms with Crippen LogP contribution in [0.15, 0.2) is 83.2 Å². The number of benzene rings is 2. The van der Waals surface area contributed by atoms with Crippen LogP contribution in [-0.4, -0.2) is 0 Å². The van der Waals surface area contributed by atoms with Crippen molar-refractivity contribution in [2.45, 2.75) is 12.8 Å². The summed E-state index contributed by atoms with van der Waals surface area (Å²) in [6, 6.07) is 18.8. The fourth-order valence-electron chi connectivity index (χ4n) is 5.21. The van der Waals surface area contributed by atoms with Crippen molar-refractivity contribution in [3.8, 4) is 18.2 Å². The zero-order chi connectivity index (χ0) is 26.8. The molecule has 0 saturated heterocycles. The summed E-state index contributed by atoms with van der Waals surface area (Å²) in [5, 5.41) is 30.0. The normalized spacial score (nSPS) is 17.6. The number of nitrogens with zero attached hydrogens (tertiary/aromatic N) is 6. The number of nitriles is 3. The van der Waals surface area contributed by atoms with Crippen LogP contribution in [0.25, 0.3) is 42.5 Å². The van der Waals surface area contributed by atoms with E-state index in [1.807, 2.05) is 60.7 Å². The fraction of sp³-hybridized carbons (Fsp3) is 0.0625. The maximum absolute atomic E-state index is 10.3. The Labute approximate surface area is 220 Å². The number of fused-ring (bicyclic) bond motifs is 2. The largest absolute Gasteiger partial charge is 0.270 e. The molecule has 0 N–H and O–H groups in total. The van der Waals surface area contributed by atoms with E-state index >= 15 is 0 Å². The summed E-state index contributed by atoms with van der Waals surface area (Å²) in [5.41, 5.74) is 5.66. The molecule has 0 atom stereocenters. The standard InChI is InChI=1S/C32H14N6/c1-36-26(17-34)30-22-15-24-23(14-21(22)25(16-33)28(30)19-10-6-4-7-11-19)31(27(18-35)37-2)29(32(24)38-3)20-12-8-5-9-13-20/h4-8,10-12,14-15H,9,13H2/b30-26+,31-27-. The average Bonchev–Trinajstić information content (AvgIpc) is 3.46. The van der Waals surface area contributed by atoms with E-state index in [4.69, 9.17) is 19.7 Å². The first kappa shape index (κ1) is 23.6. The van der Waals surface area contributed by atoms with E-state index in [1.54, 1.807) is 12.1 Å². The van der Waals surface area contributed by atoms with E-state index in [2.05, 4.69) is 20.6 Å². The van der Waals surface area contributed by atoms with Gasteiger partial charge in [0.05, 0.1) is 37.4 Å². The third-order valence-corrected chi connectivity index (χ3v) is 6.74. The number of hydrogen-bond acceptors (Lipinski definition) is 3. The minimum atomic E-state index is -0.156. The maximum Gasteiger partial charge on any atom is 0.270 e. The smallest absolute Gasteiger partial charge is 0.237 e. The van der Waals surface area contributed by atoms with Crippen molar-refractivity contribution in [2.75, 3.05) is 0 Å². The van der Waals surface area contributed by atoms with Crippen LogP contribution in [0, 0.1) is 53.7 Å². The van der Waals surface area contributed by atoms with E-state index in [1.165, 1.54) is 0 Å². The lowest BCUT2D eigenvalue weighted by molar-refractivity contribution is 0.981. The summed E-state index contributed by atoms with van der Waals surface area (Å²) in [7, 11) is 0. The minimum Gasteiger partial charge on any atom is -0.237 e. The maximum atomic E-state index is 10.3. The second-order valence-corrected chi connectivity index (χ2v) is 8.56. The van der Waals surface area contributed by atoms with Crippen LogP contribution in [0.1, 0.15) is 40.7 Å². The fourth-order valence-corrected chi connectivity index (χ4v) is 5.21. The summed E-state index contributed by atoms with van der Waals surface area (Å²) < 4.78 is 0. The highest BCUT2D eigenvalue weighted by molar-refractivity contribution is 6.26. The first-order valence-electron chi connectivity index (χ1n) is 11.5. The molecule has 3 aliphatic rings. The molecule has 0 radical (unpaired) electrons. The summed E-state index contributed by atoms with van der Waals surface area (Å²) in [6.07, 6.45) is 7.24. The van der Waals surface area contributed by atoms with Gasteiger partial charge in [0.15, 0.2) is 0 Å². The van der Waals surface area contributed by atoms with Crippen molar-refractivity contribution in [2.24, 2.45) is 0 Å². The molecule has 0 amide bonds. The van der Waals surface area contributed by atoms with Crippen LogP contribution in [0.5, 0.6) is 0 Å². The van der Waals surface area contributed by atoms with Crippen LogP contribution in [0.3, 0.4) is 0 Å². The molecule has 0 unspecified atom stereocenters. The summed E-state index contributed by atoms with van der Waals surface area (Å²) in [4.78, 5) is 10.8. The second kappa shape index (κ2) is 9.46. The monoisotopic (exact) mass is 482 g/mol. The molecule has 38 heavy (non-hydrogen) atoms. The molecule has 0 bridgehead atoms. The Kier molecular flexibility index (Phi) is 5.87. The highest BCUT2D eigenvalue weighted by atomic mass is 14.7. The molecule has 2 aromatic rings. The predicted molar refractivity (Wildman–Crippen MR) is 144 cm³/mol. The minimum absolute atomic E-state index is 0.131. The lowest BCUT2D eigenvalue weighted by Gasteiger charge is -2.15. The molecule has 6 heteroatoms. The van der Waals surface area contributed by atoms with E-state index in [0.29, 0.717) is 67.8 Å². The molecule has 2 aromatic carbocycles. The molecule has 5 rings (SSSR count). The first-order valence-corrected chi connectivity index (χ1v) is 11.5. The molecule has 0 spiro atoms. The summed E-state index contributed by atoms with van der Waals surface area (Å²) in [5.74, 6) is 0. The SMILES string of the molecule is [C-]#[N+]C1=C(C2=CC=CCC2)/C(=C(/C#N)[N+]#[C-])c2cc3c(cc21)/C(=C(/C#N)[N+]#[C-])C(c1ccccc1)=C3C#N. The van der Waals surface area contributed by atoms with E-state index in [-0.39, 0.29) is 11.4 Å². The Balaban J connectivity index is 1.92. The van der Waals surface area contributed by atoms with Crippen molar-refractivity contribution < 1.29 is 0 Å². The van der Waals surface area contributed by atoms with Gasteiger partial charge in [-0.15, -0.1) is 0 Å². The Bertz CT molecular complexity index is 1870. The van der Waals surface area contributed by atoms with Gasteiger partial charge in [-0.2, -0.15) is 5.26 Å². The highest BCUT2D eigenvalue weighted by Crippen LogP contribution is 2.54. The van der Waals surface area contributed by atoms with Crippen LogP contribution in [0.2, 0.25) is 0 Å². The zero-order valence-corrected chi connectivity index (χ0v) is 19.9. The van der Waals surface area contributed by atoms with Gasteiger partial charge < -0.3 is 0 Å². The Morgan fingerprint density at radius 1 is 0.789 bits per heavy atom. The van der Waals surface area contributed by atoms with E-state index in [0.717, 1.165) is 12.0 Å². The van der Waals surface area contributed by atoms with Gasteiger partial charge in [0.1, 0.15) is 6.07 Å². The second-order valence-electron chi connectivity index (χ2n) is 8.56. The quantitative estimate of drug-likeness (QED) is 0.331. The Morgan fingerprint density at radius 2 is 1.42 bits per heavy atom. The van der Waals surface area contributed by atoms with Gasteiger partial charge in [-0.3, -0.25) is 0 Å². The summed E-state index contributed by atoms with van der Waals surface area (Å²) >= 11 is 0. The van der Waals surface area contributed by atoms with Crippen molar-refractivity contribution in [3.05, 3.63) is 145 Å². The third kappa shape index (κ3) is 3.36. The molecule has 0 aliphatic heterocycles. The number of rotatable bonds is 2. The molecule has 3 aliphatic carbocycles. The van der Waals surface area contributed by atoms with Crippen LogP contribution < -0.4 is 0 Å². The first-order chi connectivity index (χ1) is 18.6. The van der Waals surface area contributed by atoms with Gasteiger partial charge >= 0.3 is 0 Å². The van der Waals surface area contributed by atoms with Gasteiger partial charge in [-0.05, 0) is 63.4 Å². The van der Waals surface area contributed by atoms with Crippen molar-refractivity contribution in [3.63, 3.8) is 0 Å². The molecule has 0 fully saturated rings. The van der Waals surface area contributed by atoms with E-state index in [9.17, 15) is 15.8 Å². The summed E-state index contributed by atoms with van der Waals surface area (Å²) in [6.45, 7) is 23.4. The van der Waals surface area contributed by atoms with Gasteiger partial charge in [-0.25, -0.2) is 25.1 Å². The highest BCUT2D eigenvalue weighted by Gasteiger charge is 2.37. The van der Waals surface area contributed by atoms with Crippen LogP contribution in [0.4, 0.5) is 0 Å². The molecule has 6 nitrogen and oxygen atoms in total. The van der Waals surface area contributed by atoms with Crippen molar-refractivity contribution in [1.82, 2.24) is 0 Å². The molecular weight excluding hydrogens is 468 g/mol.